The molecule has 1 aliphatic rings. The lowest BCUT2D eigenvalue weighted by Crippen LogP contribution is -2.36. The van der Waals surface area contributed by atoms with E-state index >= 15 is 0 Å². The van der Waals surface area contributed by atoms with Crippen LogP contribution in [0.25, 0.3) is 0 Å². The van der Waals surface area contributed by atoms with Crippen LogP contribution < -0.4 is 4.90 Å². The van der Waals surface area contributed by atoms with Crippen LogP contribution in [0.5, 0.6) is 0 Å². The maximum atomic E-state index is 9.42. The summed E-state index contributed by atoms with van der Waals surface area (Å²) in [5, 5.41) is 9.42. The molecule has 0 aliphatic carbocycles. The summed E-state index contributed by atoms with van der Waals surface area (Å²) in [5.41, 5.74) is 1.60. The Hall–Kier alpha value is -2.39. The lowest BCUT2D eigenvalue weighted by atomic mass is 9.96. The molecule has 1 saturated heterocycles. The van der Waals surface area contributed by atoms with E-state index < -0.39 is 0 Å². The molecule has 3 heterocycles. The van der Waals surface area contributed by atoms with Crippen LogP contribution in [0.2, 0.25) is 0 Å². The number of aromatic nitrogens is 3. The molecule has 0 N–H and O–H groups in total. The van der Waals surface area contributed by atoms with E-state index in [1.54, 1.807) is 0 Å². The third-order valence-corrected chi connectivity index (χ3v) is 4.76. The summed E-state index contributed by atoms with van der Waals surface area (Å²) in [7, 11) is 4.18. The van der Waals surface area contributed by atoms with Gasteiger partial charge in [0.2, 0.25) is 0 Å². The highest BCUT2D eigenvalue weighted by atomic mass is 15.2. The highest BCUT2D eigenvalue weighted by molar-refractivity contribution is 5.54. The van der Waals surface area contributed by atoms with E-state index in [-0.39, 0.29) is 0 Å². The number of hydrogen-bond donors (Lipinski definition) is 0. The molecule has 2 aromatic rings. The molecule has 0 amide bonds. The predicted octanol–water partition coefficient (Wildman–Crippen LogP) is 2.40. The van der Waals surface area contributed by atoms with E-state index in [0.717, 1.165) is 56.4 Å². The van der Waals surface area contributed by atoms with Crippen LogP contribution in [0, 0.1) is 18.3 Å². The average molecular weight is 338 g/mol. The minimum absolute atomic E-state index is 0.375. The van der Waals surface area contributed by atoms with Gasteiger partial charge >= 0.3 is 0 Å². The number of anilines is 1. The Morgan fingerprint density at radius 1 is 1.36 bits per heavy atom. The van der Waals surface area contributed by atoms with Crippen LogP contribution in [-0.4, -0.2) is 53.2 Å². The third kappa shape index (κ3) is 3.99. The minimum Gasteiger partial charge on any atom is -0.355 e. The largest absolute Gasteiger partial charge is 0.355 e. The number of hydrogen-bond acceptors (Lipinski definition) is 5. The molecule has 6 nitrogen and oxygen atoms in total. The van der Waals surface area contributed by atoms with Gasteiger partial charge in [0.15, 0.2) is 0 Å². The second-order valence-electron chi connectivity index (χ2n) is 7.00. The predicted molar refractivity (Wildman–Crippen MR) is 98.7 cm³/mol. The Kier molecular flexibility index (Phi) is 5.34. The summed E-state index contributed by atoms with van der Waals surface area (Å²) >= 11 is 0. The van der Waals surface area contributed by atoms with Gasteiger partial charge in [-0.05, 0) is 46.0 Å². The van der Waals surface area contributed by atoms with E-state index in [1.165, 1.54) is 0 Å². The highest BCUT2D eigenvalue weighted by Crippen LogP contribution is 2.30. The first-order valence-electron chi connectivity index (χ1n) is 8.87. The van der Waals surface area contributed by atoms with Gasteiger partial charge in [0.25, 0.3) is 0 Å². The molecule has 132 valence electrons. The first-order chi connectivity index (χ1) is 12.1. The number of aryl methyl sites for hydroxylation is 1. The summed E-state index contributed by atoms with van der Waals surface area (Å²) in [6.45, 7) is 5.73. The molecular formula is C19H26N6. The molecule has 0 bridgehead atoms. The van der Waals surface area contributed by atoms with E-state index in [0.29, 0.717) is 11.5 Å². The normalized spacial score (nSPS) is 17.7. The number of imidazole rings is 1. The van der Waals surface area contributed by atoms with Crippen molar-refractivity contribution in [3.8, 4) is 6.07 Å². The summed E-state index contributed by atoms with van der Waals surface area (Å²) in [6, 6.07) is 6.06. The first-order valence-corrected chi connectivity index (χ1v) is 8.87. The van der Waals surface area contributed by atoms with Crippen LogP contribution in [0.15, 0.2) is 24.5 Å². The van der Waals surface area contributed by atoms with E-state index in [1.807, 2.05) is 25.3 Å². The fourth-order valence-electron chi connectivity index (χ4n) is 3.43. The third-order valence-electron chi connectivity index (χ3n) is 4.76. The SMILES string of the molecule is Cc1ccc(C#N)c(N2CCC[C@H](c3nccn3CCN(C)C)C2)n1. The Balaban J connectivity index is 1.80. The van der Waals surface area contributed by atoms with Gasteiger partial charge in [-0.1, -0.05) is 0 Å². The van der Waals surface area contributed by atoms with Gasteiger partial charge < -0.3 is 14.4 Å². The summed E-state index contributed by atoms with van der Waals surface area (Å²) in [6.07, 6.45) is 6.19. The second kappa shape index (κ2) is 7.66. The van der Waals surface area contributed by atoms with Crippen molar-refractivity contribution in [1.29, 1.82) is 5.26 Å². The number of likely N-dealkylation sites (N-methyl/N-ethyl adjacent to an activating group) is 1. The van der Waals surface area contributed by atoms with Crippen LogP contribution in [0.3, 0.4) is 0 Å². The van der Waals surface area contributed by atoms with Crippen molar-refractivity contribution in [3.63, 3.8) is 0 Å². The molecule has 2 aromatic heterocycles. The maximum Gasteiger partial charge on any atom is 0.146 e. The number of rotatable bonds is 5. The van der Waals surface area contributed by atoms with Crippen LogP contribution in [-0.2, 0) is 6.54 Å². The summed E-state index contributed by atoms with van der Waals surface area (Å²) in [4.78, 5) is 13.7. The van der Waals surface area contributed by atoms with Gasteiger partial charge in [-0.15, -0.1) is 0 Å². The smallest absolute Gasteiger partial charge is 0.146 e. The number of nitrogens with zero attached hydrogens (tertiary/aromatic N) is 6. The summed E-state index contributed by atoms with van der Waals surface area (Å²) < 4.78 is 2.27. The van der Waals surface area contributed by atoms with Gasteiger partial charge in [-0.25, -0.2) is 9.97 Å². The van der Waals surface area contributed by atoms with Crippen molar-refractivity contribution in [2.24, 2.45) is 0 Å². The van der Waals surface area contributed by atoms with Crippen molar-refractivity contribution in [1.82, 2.24) is 19.4 Å². The average Bonchev–Trinajstić information content (AvgIpc) is 3.08. The Morgan fingerprint density at radius 3 is 2.96 bits per heavy atom. The van der Waals surface area contributed by atoms with Crippen molar-refractivity contribution in [3.05, 3.63) is 41.6 Å². The van der Waals surface area contributed by atoms with Gasteiger partial charge in [-0.2, -0.15) is 5.26 Å². The molecule has 0 spiro atoms. The molecule has 1 atom stereocenters. The van der Waals surface area contributed by atoms with E-state index in [4.69, 9.17) is 0 Å². The van der Waals surface area contributed by atoms with Gasteiger partial charge in [0, 0.05) is 50.2 Å². The van der Waals surface area contributed by atoms with Gasteiger partial charge in [-0.3, -0.25) is 0 Å². The second-order valence-corrected chi connectivity index (χ2v) is 7.00. The van der Waals surface area contributed by atoms with Crippen LogP contribution >= 0.6 is 0 Å². The molecular weight excluding hydrogens is 312 g/mol. The van der Waals surface area contributed by atoms with Crippen LogP contribution in [0.1, 0.15) is 35.8 Å². The molecule has 3 rings (SSSR count). The molecule has 0 unspecified atom stereocenters. The van der Waals surface area contributed by atoms with Crippen molar-refractivity contribution >= 4 is 5.82 Å². The lowest BCUT2D eigenvalue weighted by Gasteiger charge is -2.34. The van der Waals surface area contributed by atoms with Crippen molar-refractivity contribution in [2.45, 2.75) is 32.2 Å². The van der Waals surface area contributed by atoms with E-state index in [9.17, 15) is 5.26 Å². The Bertz CT molecular complexity index is 758. The molecule has 0 saturated carbocycles. The zero-order valence-corrected chi connectivity index (χ0v) is 15.3. The number of pyridine rings is 1. The first kappa shape index (κ1) is 17.4. The molecule has 0 aromatic carbocycles. The van der Waals surface area contributed by atoms with Gasteiger partial charge in [0.05, 0.1) is 5.56 Å². The van der Waals surface area contributed by atoms with Crippen LogP contribution in [0.4, 0.5) is 5.82 Å². The molecule has 6 heteroatoms. The Morgan fingerprint density at radius 2 is 2.20 bits per heavy atom. The number of nitriles is 1. The quantitative estimate of drug-likeness (QED) is 0.838. The highest BCUT2D eigenvalue weighted by Gasteiger charge is 2.26. The monoisotopic (exact) mass is 338 g/mol. The van der Waals surface area contributed by atoms with Crippen molar-refractivity contribution < 1.29 is 0 Å². The summed E-state index contributed by atoms with van der Waals surface area (Å²) in [5.74, 6) is 2.34. The van der Waals surface area contributed by atoms with Crippen molar-refractivity contribution in [2.75, 3.05) is 38.6 Å². The van der Waals surface area contributed by atoms with E-state index in [2.05, 4.69) is 50.7 Å². The molecule has 25 heavy (non-hydrogen) atoms. The zero-order chi connectivity index (χ0) is 17.8. The maximum absolute atomic E-state index is 9.42. The zero-order valence-electron chi connectivity index (χ0n) is 15.3. The molecule has 0 radical (unpaired) electrons. The minimum atomic E-state index is 0.375. The topological polar surface area (TPSA) is 61.0 Å². The standard InChI is InChI=1S/C19H26N6/c1-15-6-7-16(13-20)19(22-15)25-9-4-5-17(14-25)18-21-8-10-24(18)12-11-23(2)3/h6-8,10,17H,4-5,9,11-12,14H2,1-3H3/t17-/m0/s1. The molecule has 1 aliphatic heterocycles. The van der Waals surface area contributed by atoms with Gasteiger partial charge in [0.1, 0.15) is 17.7 Å². The fraction of sp³-hybridized carbons (Fsp3) is 0.526. The Labute approximate surface area is 149 Å². The number of piperidine rings is 1. The molecule has 1 fully saturated rings. The fourth-order valence-corrected chi connectivity index (χ4v) is 3.43. The lowest BCUT2D eigenvalue weighted by molar-refractivity contribution is 0.373.